The predicted molar refractivity (Wildman–Crippen MR) is 135 cm³/mol. The third-order valence-electron chi connectivity index (χ3n) is 8.14. The van der Waals surface area contributed by atoms with Crippen molar-refractivity contribution in [3.05, 3.63) is 64.7 Å². The van der Waals surface area contributed by atoms with E-state index in [2.05, 4.69) is 10.2 Å². The first-order chi connectivity index (χ1) is 18.1. The highest BCUT2D eigenvalue weighted by Gasteiger charge is 2.37. The Morgan fingerprint density at radius 3 is 2.00 bits per heavy atom. The van der Waals surface area contributed by atoms with Gasteiger partial charge in [0.15, 0.2) is 0 Å². The van der Waals surface area contributed by atoms with Crippen molar-refractivity contribution in [1.82, 2.24) is 10.2 Å². The zero-order valence-corrected chi connectivity index (χ0v) is 21.7. The average Bonchev–Trinajstić information content (AvgIpc) is 2.91. The van der Waals surface area contributed by atoms with E-state index in [1.165, 1.54) is 32.1 Å². The maximum Gasteiger partial charge on any atom is 0.416 e. The number of benzene rings is 2. The van der Waals surface area contributed by atoms with Crippen LogP contribution in [0.5, 0.6) is 5.75 Å². The monoisotopic (exact) mass is 542 g/mol. The first-order valence-electron chi connectivity index (χ1n) is 13.4. The molecule has 0 radical (unpaired) electrons. The fourth-order valence-corrected chi connectivity index (χ4v) is 6.16. The fraction of sp³-hybridized carbons (Fsp3) is 0.586. The van der Waals surface area contributed by atoms with Gasteiger partial charge in [0.2, 0.25) is 0 Å². The van der Waals surface area contributed by atoms with Crippen molar-refractivity contribution in [1.29, 1.82) is 0 Å². The van der Waals surface area contributed by atoms with Gasteiger partial charge in [-0.15, -0.1) is 0 Å². The number of para-hydroxylation sites is 1. The zero-order chi connectivity index (χ0) is 27.3. The summed E-state index contributed by atoms with van der Waals surface area (Å²) in [6.07, 6.45) is -0.977. The molecule has 1 aliphatic heterocycles. The van der Waals surface area contributed by atoms with Crippen LogP contribution in [0.15, 0.2) is 42.5 Å². The van der Waals surface area contributed by atoms with Crippen LogP contribution in [-0.4, -0.2) is 31.6 Å². The summed E-state index contributed by atoms with van der Waals surface area (Å²) in [4.78, 5) is 2.37. The minimum Gasteiger partial charge on any atom is -0.496 e. The van der Waals surface area contributed by atoms with Crippen LogP contribution in [0.3, 0.4) is 0 Å². The van der Waals surface area contributed by atoms with E-state index in [1.807, 2.05) is 24.3 Å². The van der Waals surface area contributed by atoms with Gasteiger partial charge in [-0.3, -0.25) is 4.90 Å². The van der Waals surface area contributed by atoms with Crippen molar-refractivity contribution in [2.45, 2.75) is 69.9 Å². The number of rotatable bonds is 8. The summed E-state index contributed by atoms with van der Waals surface area (Å²) in [7, 11) is 1.60. The van der Waals surface area contributed by atoms with Gasteiger partial charge in [0.25, 0.3) is 0 Å². The number of hydrogen-bond acceptors (Lipinski definition) is 3. The molecular formula is C29H36F6N2O. The Morgan fingerprint density at radius 2 is 1.42 bits per heavy atom. The first kappa shape index (κ1) is 28.7. The summed E-state index contributed by atoms with van der Waals surface area (Å²) in [5.41, 5.74) is -1.69. The average molecular weight is 543 g/mol. The van der Waals surface area contributed by atoms with Crippen molar-refractivity contribution in [2.24, 2.45) is 11.8 Å². The number of alkyl halides is 6. The standard InChI is InChI=1S/C29H36F6N2O/c1-38-27-10-6-5-9-25(27)26(37-13-11-22(12-14-37)21-7-3-2-4-8-21)19-36-18-20-15-23(28(30,31)32)17-24(16-20)29(33,34)35/h5-6,9-10,15-17,21-22,26,36H,2-4,7-8,11-14,18-19H2,1H3. The number of methoxy groups -OCH3 is 1. The number of nitrogens with one attached hydrogen (secondary N) is 1. The van der Waals surface area contributed by atoms with Gasteiger partial charge >= 0.3 is 12.4 Å². The van der Waals surface area contributed by atoms with Crippen LogP contribution in [0, 0.1) is 11.8 Å². The van der Waals surface area contributed by atoms with Crippen LogP contribution in [0.25, 0.3) is 0 Å². The summed E-state index contributed by atoms with van der Waals surface area (Å²) in [5.74, 6) is 2.22. The van der Waals surface area contributed by atoms with Crippen LogP contribution >= 0.6 is 0 Å². The van der Waals surface area contributed by atoms with E-state index in [0.717, 1.165) is 49.5 Å². The van der Waals surface area contributed by atoms with Gasteiger partial charge in [-0.05, 0) is 67.6 Å². The highest BCUT2D eigenvalue weighted by Crippen LogP contribution is 2.39. The lowest BCUT2D eigenvalue weighted by Crippen LogP contribution is -2.42. The fourth-order valence-electron chi connectivity index (χ4n) is 6.16. The molecule has 0 aromatic heterocycles. The second kappa shape index (κ2) is 12.3. The van der Waals surface area contributed by atoms with Crippen LogP contribution in [-0.2, 0) is 18.9 Å². The Hall–Kier alpha value is -2.26. The summed E-state index contributed by atoms with van der Waals surface area (Å²) in [6.45, 7) is 2.05. The van der Waals surface area contributed by atoms with Crippen LogP contribution in [0.2, 0.25) is 0 Å². The lowest BCUT2D eigenvalue weighted by atomic mass is 9.75. The number of hydrogen-bond donors (Lipinski definition) is 1. The Labute approximate surface area is 220 Å². The molecule has 1 saturated heterocycles. The zero-order valence-electron chi connectivity index (χ0n) is 21.7. The lowest BCUT2D eigenvalue weighted by molar-refractivity contribution is -0.143. The summed E-state index contributed by atoms with van der Waals surface area (Å²) in [5, 5.41) is 3.15. The van der Waals surface area contributed by atoms with E-state index in [0.29, 0.717) is 18.2 Å². The van der Waals surface area contributed by atoms with Gasteiger partial charge in [0.05, 0.1) is 24.3 Å². The molecule has 1 atom stereocenters. The molecule has 9 heteroatoms. The quantitative estimate of drug-likeness (QED) is 0.344. The highest BCUT2D eigenvalue weighted by atomic mass is 19.4. The Kier molecular flexibility index (Phi) is 9.29. The maximum absolute atomic E-state index is 13.3. The van der Waals surface area contributed by atoms with Crippen molar-refractivity contribution >= 4 is 0 Å². The Bertz CT molecular complexity index is 1010. The number of ether oxygens (including phenoxy) is 1. The SMILES string of the molecule is COc1ccccc1C(CNCc1cc(C(F)(F)F)cc(C(F)(F)F)c1)N1CCC(C2CCCCC2)CC1. The van der Waals surface area contributed by atoms with E-state index >= 15 is 0 Å². The molecule has 2 aliphatic rings. The molecule has 0 bridgehead atoms. The molecule has 2 aromatic carbocycles. The smallest absolute Gasteiger partial charge is 0.416 e. The van der Waals surface area contributed by atoms with E-state index < -0.39 is 23.5 Å². The van der Waals surface area contributed by atoms with E-state index in [4.69, 9.17) is 4.74 Å². The summed E-state index contributed by atoms with van der Waals surface area (Å²) in [6, 6.07) is 9.27. The van der Waals surface area contributed by atoms with E-state index in [-0.39, 0.29) is 24.2 Å². The third kappa shape index (κ3) is 7.23. The molecule has 1 saturated carbocycles. The van der Waals surface area contributed by atoms with Crippen molar-refractivity contribution in [2.75, 3.05) is 26.7 Å². The molecule has 1 heterocycles. The number of halogens is 6. The second-order valence-electron chi connectivity index (χ2n) is 10.6. The van der Waals surface area contributed by atoms with Crippen molar-refractivity contribution in [3.63, 3.8) is 0 Å². The molecule has 2 aromatic rings. The summed E-state index contributed by atoms with van der Waals surface area (Å²) >= 11 is 0. The molecule has 1 unspecified atom stereocenters. The molecule has 210 valence electrons. The van der Waals surface area contributed by atoms with Gasteiger partial charge in [0.1, 0.15) is 5.75 Å². The van der Waals surface area contributed by atoms with Crippen molar-refractivity contribution in [3.8, 4) is 5.75 Å². The van der Waals surface area contributed by atoms with E-state index in [9.17, 15) is 26.3 Å². The Morgan fingerprint density at radius 1 is 0.842 bits per heavy atom. The topological polar surface area (TPSA) is 24.5 Å². The number of piperidine rings is 1. The molecule has 1 N–H and O–H groups in total. The van der Waals surface area contributed by atoms with Gasteiger partial charge < -0.3 is 10.1 Å². The molecule has 1 aliphatic carbocycles. The lowest BCUT2D eigenvalue weighted by Gasteiger charge is -2.41. The summed E-state index contributed by atoms with van der Waals surface area (Å²) < 4.78 is 85.4. The van der Waals surface area contributed by atoms with E-state index in [1.54, 1.807) is 7.11 Å². The third-order valence-corrected chi connectivity index (χ3v) is 8.14. The number of nitrogens with zero attached hydrogens (tertiary/aromatic N) is 1. The highest BCUT2D eigenvalue weighted by molar-refractivity contribution is 5.37. The van der Waals surface area contributed by atoms with Gasteiger partial charge in [-0.25, -0.2) is 0 Å². The van der Waals surface area contributed by atoms with Crippen LogP contribution in [0.4, 0.5) is 26.3 Å². The van der Waals surface area contributed by atoms with Crippen LogP contribution < -0.4 is 10.1 Å². The van der Waals surface area contributed by atoms with Gasteiger partial charge in [0, 0.05) is 18.7 Å². The van der Waals surface area contributed by atoms with Crippen LogP contribution in [0.1, 0.15) is 73.2 Å². The van der Waals surface area contributed by atoms with Gasteiger partial charge in [-0.1, -0.05) is 50.3 Å². The Balaban J connectivity index is 1.49. The molecule has 0 amide bonds. The largest absolute Gasteiger partial charge is 0.496 e. The molecule has 2 fully saturated rings. The van der Waals surface area contributed by atoms with Crippen molar-refractivity contribution < 1.29 is 31.1 Å². The minimum atomic E-state index is -4.86. The molecule has 0 spiro atoms. The molecule has 3 nitrogen and oxygen atoms in total. The number of likely N-dealkylation sites (tertiary alicyclic amines) is 1. The first-order valence-corrected chi connectivity index (χ1v) is 13.4. The molecular weight excluding hydrogens is 506 g/mol. The predicted octanol–water partition coefficient (Wildman–Crippen LogP) is 7.86. The van der Waals surface area contributed by atoms with Gasteiger partial charge in [-0.2, -0.15) is 26.3 Å². The maximum atomic E-state index is 13.3. The minimum absolute atomic E-state index is 0.0538. The molecule has 38 heavy (non-hydrogen) atoms. The second-order valence-corrected chi connectivity index (χ2v) is 10.6. The normalized spacial score (nSPS) is 19.4. The molecule has 4 rings (SSSR count).